The highest BCUT2D eigenvalue weighted by Gasteiger charge is 2.36. The Balaban J connectivity index is 2.45. The zero-order chi connectivity index (χ0) is 47.0. The van der Waals surface area contributed by atoms with Gasteiger partial charge in [0.15, 0.2) is 6.10 Å². The first-order valence-corrected chi connectivity index (χ1v) is 25.7. The fourth-order valence-electron chi connectivity index (χ4n) is 5.52. The number of aliphatic hydroxyl groups is 1. The molecule has 0 aliphatic carbocycles. The highest BCUT2D eigenvalue weighted by atomic mass is 31.2. The van der Waals surface area contributed by atoms with Gasteiger partial charge in [0.2, 0.25) is 0 Å². The molecule has 0 aromatic heterocycles. The van der Waals surface area contributed by atoms with E-state index in [2.05, 4.69) is 102 Å². The van der Waals surface area contributed by atoms with Gasteiger partial charge in [-0.15, -0.1) is 0 Å². The van der Waals surface area contributed by atoms with Crippen molar-refractivity contribution in [2.45, 2.75) is 154 Å². The van der Waals surface area contributed by atoms with Gasteiger partial charge in [0.1, 0.15) is 12.7 Å². The third-order valence-electron chi connectivity index (χ3n) is 9.05. The van der Waals surface area contributed by atoms with E-state index in [0.717, 1.165) is 57.8 Å². The van der Waals surface area contributed by atoms with Gasteiger partial charge >= 0.3 is 27.6 Å². The van der Waals surface area contributed by atoms with Gasteiger partial charge in [-0.05, 0) is 89.9 Å². The van der Waals surface area contributed by atoms with E-state index in [9.17, 15) is 28.7 Å². The lowest BCUT2D eigenvalue weighted by Gasteiger charge is -2.20. The molecular formula is C48H76O14P2. The minimum Gasteiger partial charge on any atom is -0.462 e. The van der Waals surface area contributed by atoms with Crippen LogP contribution in [-0.4, -0.2) is 82.6 Å². The van der Waals surface area contributed by atoms with Crippen molar-refractivity contribution in [3.05, 3.63) is 109 Å². The van der Waals surface area contributed by atoms with Gasteiger partial charge in [0.05, 0.1) is 32.0 Å². The van der Waals surface area contributed by atoms with Crippen LogP contribution in [0.2, 0.25) is 0 Å². The average molecular weight is 939 g/mol. The molecule has 1 saturated heterocycles. The highest BCUT2D eigenvalue weighted by molar-refractivity contribution is 7.47. The molecule has 362 valence electrons. The van der Waals surface area contributed by atoms with Crippen LogP contribution in [-0.2, 0) is 46.5 Å². The second-order valence-corrected chi connectivity index (χ2v) is 17.7. The van der Waals surface area contributed by atoms with Crippen molar-refractivity contribution in [2.75, 3.05) is 26.4 Å². The normalized spacial score (nSPS) is 18.1. The number of ether oxygens (including phenoxy) is 3. The fourth-order valence-corrected chi connectivity index (χ4v) is 6.68. The number of carbonyl (C=O) groups excluding carboxylic acids is 2. The summed E-state index contributed by atoms with van der Waals surface area (Å²) in [6.45, 7) is 1.44. The molecule has 0 amide bonds. The van der Waals surface area contributed by atoms with Gasteiger partial charge in [-0.3, -0.25) is 23.2 Å². The van der Waals surface area contributed by atoms with Crippen LogP contribution in [0.1, 0.15) is 129 Å². The summed E-state index contributed by atoms with van der Waals surface area (Å²) in [5, 5.41) is 9.76. The van der Waals surface area contributed by atoms with Gasteiger partial charge < -0.3 is 34.0 Å². The number of rotatable bonds is 40. The van der Waals surface area contributed by atoms with Crippen LogP contribution in [0.25, 0.3) is 0 Å². The van der Waals surface area contributed by atoms with E-state index in [1.165, 1.54) is 19.3 Å². The Morgan fingerprint density at radius 2 is 1.02 bits per heavy atom. The van der Waals surface area contributed by atoms with E-state index in [1.54, 1.807) is 0 Å². The smallest absolute Gasteiger partial charge is 0.462 e. The summed E-state index contributed by atoms with van der Waals surface area (Å²) in [5.74, 6) is -1.21. The van der Waals surface area contributed by atoms with Crippen LogP contribution in [0.4, 0.5) is 0 Å². The van der Waals surface area contributed by atoms with Crippen LogP contribution in [0.3, 0.4) is 0 Å². The molecule has 1 aliphatic rings. The van der Waals surface area contributed by atoms with Gasteiger partial charge in [-0.25, -0.2) is 9.13 Å². The van der Waals surface area contributed by atoms with Gasteiger partial charge in [0.25, 0.3) is 0 Å². The lowest BCUT2D eigenvalue weighted by molar-refractivity contribution is -0.161. The summed E-state index contributed by atoms with van der Waals surface area (Å²) >= 11 is 0. The number of esters is 2. The molecule has 1 rings (SSSR count). The molecule has 0 aromatic rings. The lowest BCUT2D eigenvalue weighted by atomic mass is 10.1. The first kappa shape index (κ1) is 58.8. The van der Waals surface area contributed by atoms with E-state index in [-0.39, 0.29) is 12.8 Å². The monoisotopic (exact) mass is 938 g/mol. The standard InChI is InChI=1S/C48H76O14P2/c1-3-5-7-9-11-12-13-14-15-16-17-18-19-20-21-22-25-30-34-38-48(51)61-44(42-60-64(55,56)59-40-43(49)39-58-63(52,53)54)41-57-47(50)37-33-29-26-23-24-28-32-36-46-45(62-46)35-31-27-10-8-6-4-2/h5,7,11-12,14-15,17-18,20-21,23,25-28,30-32,43-46,49H,3-4,6,8-10,13,16,19,22,24,29,33-42H2,1-2H3,(H,55,56)(H2,52,53,54)/b7-5-,12-11-,15-14-,18-17-,21-20-,26-23-,30-25-,31-27-,32-28-/t43-,44+,45?,46?/m0/s1. The van der Waals surface area contributed by atoms with Gasteiger partial charge in [-0.1, -0.05) is 136 Å². The molecule has 0 spiro atoms. The minimum absolute atomic E-state index is 0.0150. The summed E-state index contributed by atoms with van der Waals surface area (Å²) in [7, 11) is -9.74. The molecule has 64 heavy (non-hydrogen) atoms. The number of phosphoric ester groups is 2. The summed E-state index contributed by atoms with van der Waals surface area (Å²) in [5.41, 5.74) is 0. The molecule has 16 heteroatoms. The number of allylic oxidation sites excluding steroid dienone is 16. The zero-order valence-corrected chi connectivity index (χ0v) is 39.8. The molecule has 3 unspecified atom stereocenters. The topological polar surface area (TPSA) is 208 Å². The van der Waals surface area contributed by atoms with Crippen molar-refractivity contribution in [3.63, 3.8) is 0 Å². The number of phosphoric acid groups is 2. The number of unbranched alkanes of at least 4 members (excludes halogenated alkanes) is 4. The maximum Gasteiger partial charge on any atom is 0.472 e. The Labute approximate surface area is 382 Å². The highest BCUT2D eigenvalue weighted by Crippen LogP contribution is 2.44. The van der Waals surface area contributed by atoms with E-state index >= 15 is 0 Å². The Hall–Kier alpha value is -3.26. The minimum atomic E-state index is -4.88. The maximum atomic E-state index is 12.7. The molecule has 14 nitrogen and oxygen atoms in total. The van der Waals surface area contributed by atoms with Crippen molar-refractivity contribution >= 4 is 27.6 Å². The number of carbonyl (C=O) groups is 2. The van der Waals surface area contributed by atoms with Crippen LogP contribution in [0.15, 0.2) is 109 Å². The summed E-state index contributed by atoms with van der Waals surface area (Å²) in [6.07, 6.45) is 49.9. The number of aliphatic hydroxyl groups excluding tert-OH is 1. The Morgan fingerprint density at radius 3 is 1.58 bits per heavy atom. The number of epoxide rings is 1. The first-order valence-electron chi connectivity index (χ1n) is 22.7. The van der Waals surface area contributed by atoms with Crippen molar-refractivity contribution in [3.8, 4) is 0 Å². The summed E-state index contributed by atoms with van der Waals surface area (Å²) in [4.78, 5) is 52.7. The molecule has 4 N–H and O–H groups in total. The lowest BCUT2D eigenvalue weighted by Crippen LogP contribution is -2.29. The van der Waals surface area contributed by atoms with E-state index in [0.29, 0.717) is 37.9 Å². The molecular weight excluding hydrogens is 862 g/mol. The molecule has 0 saturated carbocycles. The van der Waals surface area contributed by atoms with Crippen LogP contribution < -0.4 is 0 Å². The third kappa shape index (κ3) is 39.1. The summed E-state index contributed by atoms with van der Waals surface area (Å²) < 4.78 is 53.4. The van der Waals surface area contributed by atoms with Crippen LogP contribution >= 0.6 is 15.6 Å². The quantitative estimate of drug-likeness (QED) is 0.0148. The molecule has 1 aliphatic heterocycles. The van der Waals surface area contributed by atoms with Crippen LogP contribution in [0.5, 0.6) is 0 Å². The molecule has 1 fully saturated rings. The maximum absolute atomic E-state index is 12.7. The van der Waals surface area contributed by atoms with Crippen molar-refractivity contribution < 1.29 is 66.3 Å². The second kappa shape index (κ2) is 39.0. The fraction of sp³-hybridized carbons (Fsp3) is 0.583. The molecule has 0 aromatic carbocycles. The van der Waals surface area contributed by atoms with Gasteiger partial charge in [-0.2, -0.15) is 0 Å². The first-order chi connectivity index (χ1) is 30.8. The zero-order valence-electron chi connectivity index (χ0n) is 38.0. The predicted molar refractivity (Wildman–Crippen MR) is 252 cm³/mol. The van der Waals surface area contributed by atoms with E-state index < -0.39 is 66.2 Å². The summed E-state index contributed by atoms with van der Waals surface area (Å²) in [6, 6.07) is 0. The molecule has 0 bridgehead atoms. The van der Waals surface area contributed by atoms with Gasteiger partial charge in [0, 0.05) is 12.8 Å². The Morgan fingerprint density at radius 1 is 0.547 bits per heavy atom. The Bertz CT molecular complexity index is 1610. The molecule has 5 atom stereocenters. The SMILES string of the molecule is CC/C=C\C/C=C\C/C=C\C/C=C\C/C=C\C/C=C\CCC(=O)O[C@H](COC(=O)CCC/C=C\C/C=C\CC1OC1C/C=C\CCCCC)COP(=O)(O)OC[C@@H](O)COP(=O)(O)O. The molecule has 0 radical (unpaired) electrons. The van der Waals surface area contributed by atoms with E-state index in [1.807, 2.05) is 30.4 Å². The Kier molecular flexibility index (Phi) is 35.8. The van der Waals surface area contributed by atoms with Crippen molar-refractivity contribution in [2.24, 2.45) is 0 Å². The largest absolute Gasteiger partial charge is 0.472 e. The van der Waals surface area contributed by atoms with Crippen LogP contribution in [0, 0.1) is 0 Å². The number of hydrogen-bond acceptors (Lipinski definition) is 11. The van der Waals surface area contributed by atoms with E-state index in [4.69, 9.17) is 28.5 Å². The molecule has 1 heterocycles. The third-order valence-corrected chi connectivity index (χ3v) is 10.5. The van der Waals surface area contributed by atoms with Crippen molar-refractivity contribution in [1.82, 2.24) is 0 Å². The second-order valence-electron chi connectivity index (χ2n) is 15.0. The average Bonchev–Trinajstić information content (AvgIpc) is 4.02. The predicted octanol–water partition coefficient (Wildman–Crippen LogP) is 10.9. The number of hydrogen-bond donors (Lipinski definition) is 4. The van der Waals surface area contributed by atoms with Crippen molar-refractivity contribution in [1.29, 1.82) is 0 Å².